The highest BCUT2D eigenvalue weighted by atomic mass is 35.5. The number of amides is 2. The van der Waals surface area contributed by atoms with Crippen LogP contribution >= 0.6 is 22.9 Å². The topological polar surface area (TPSA) is 54.0 Å². The van der Waals surface area contributed by atoms with E-state index >= 15 is 0 Å². The van der Waals surface area contributed by atoms with Crippen molar-refractivity contribution in [2.24, 2.45) is 0 Å². The molecular weight excluding hydrogens is 282 g/mol. The van der Waals surface area contributed by atoms with Gasteiger partial charge in [-0.3, -0.25) is 0 Å². The van der Waals surface area contributed by atoms with E-state index in [0.29, 0.717) is 11.6 Å². The van der Waals surface area contributed by atoms with Gasteiger partial charge in [0.05, 0.1) is 6.54 Å². The molecule has 1 aromatic heterocycles. The summed E-state index contributed by atoms with van der Waals surface area (Å²) >= 11 is 7.39. The molecule has 0 saturated heterocycles. The van der Waals surface area contributed by atoms with Gasteiger partial charge in [0.25, 0.3) is 0 Å². The number of nitrogens with zero attached hydrogens (tertiary/aromatic N) is 1. The molecule has 0 unspecified atom stereocenters. The summed E-state index contributed by atoms with van der Waals surface area (Å²) in [5, 5.41) is 9.05. The molecule has 0 atom stereocenters. The smallest absolute Gasteiger partial charge is 0.319 e. The van der Waals surface area contributed by atoms with Gasteiger partial charge >= 0.3 is 6.03 Å². The minimum absolute atomic E-state index is 0.252. The van der Waals surface area contributed by atoms with Gasteiger partial charge in [-0.1, -0.05) is 11.6 Å². The van der Waals surface area contributed by atoms with E-state index in [4.69, 9.17) is 11.6 Å². The molecule has 1 heterocycles. The van der Waals surface area contributed by atoms with E-state index < -0.39 is 0 Å². The molecule has 0 aliphatic carbocycles. The molecule has 2 amide bonds. The summed E-state index contributed by atoms with van der Waals surface area (Å²) in [7, 11) is 0. The van der Waals surface area contributed by atoms with Crippen molar-refractivity contribution >= 4 is 34.7 Å². The molecule has 19 heavy (non-hydrogen) atoms. The fourth-order valence-electron chi connectivity index (χ4n) is 1.57. The van der Waals surface area contributed by atoms with Crippen molar-refractivity contribution < 1.29 is 4.79 Å². The molecule has 0 spiro atoms. The highest BCUT2D eigenvalue weighted by molar-refractivity contribution is 7.09. The Morgan fingerprint density at radius 3 is 2.84 bits per heavy atom. The largest absolute Gasteiger partial charge is 0.331 e. The predicted molar refractivity (Wildman–Crippen MR) is 78.9 cm³/mol. The first-order valence-corrected chi connectivity index (χ1v) is 7.02. The lowest BCUT2D eigenvalue weighted by Crippen LogP contribution is -2.28. The summed E-state index contributed by atoms with van der Waals surface area (Å²) in [5.74, 6) is 0. The van der Waals surface area contributed by atoms with Crippen LogP contribution in [0.4, 0.5) is 10.5 Å². The van der Waals surface area contributed by atoms with Gasteiger partial charge < -0.3 is 10.6 Å². The van der Waals surface area contributed by atoms with Crippen LogP contribution in [0.3, 0.4) is 0 Å². The van der Waals surface area contributed by atoms with Gasteiger partial charge in [-0.25, -0.2) is 9.78 Å². The summed E-state index contributed by atoms with van der Waals surface area (Å²) in [6, 6.07) is 5.08. The summed E-state index contributed by atoms with van der Waals surface area (Å²) in [4.78, 5) is 16.0. The zero-order valence-corrected chi connectivity index (χ0v) is 12.2. The number of aromatic nitrogens is 1. The van der Waals surface area contributed by atoms with Crippen LogP contribution < -0.4 is 10.6 Å². The molecule has 0 fully saturated rings. The van der Waals surface area contributed by atoms with Crippen molar-refractivity contribution in [2.45, 2.75) is 20.4 Å². The van der Waals surface area contributed by atoms with Gasteiger partial charge in [-0.15, -0.1) is 11.3 Å². The van der Waals surface area contributed by atoms with Crippen LogP contribution in [-0.4, -0.2) is 11.0 Å². The van der Waals surface area contributed by atoms with E-state index in [1.165, 1.54) is 11.3 Å². The van der Waals surface area contributed by atoms with Crippen molar-refractivity contribution in [3.05, 3.63) is 44.9 Å². The number of halogens is 1. The number of thiazole rings is 1. The van der Waals surface area contributed by atoms with Crippen LogP contribution in [0.1, 0.15) is 16.3 Å². The first kappa shape index (κ1) is 13.8. The molecule has 0 aliphatic heterocycles. The lowest BCUT2D eigenvalue weighted by Gasteiger charge is -2.09. The van der Waals surface area contributed by atoms with Crippen molar-refractivity contribution in [3.63, 3.8) is 0 Å². The maximum Gasteiger partial charge on any atom is 0.319 e. The number of hydrogen-bond acceptors (Lipinski definition) is 3. The van der Waals surface area contributed by atoms with Gasteiger partial charge in [0, 0.05) is 21.8 Å². The molecule has 0 radical (unpaired) electrons. The number of carbonyl (C=O) groups is 1. The van der Waals surface area contributed by atoms with Crippen LogP contribution in [0.15, 0.2) is 23.6 Å². The van der Waals surface area contributed by atoms with Crippen LogP contribution in [0, 0.1) is 13.8 Å². The summed E-state index contributed by atoms with van der Waals surface area (Å²) in [5.41, 5.74) is 2.64. The number of anilines is 1. The predicted octanol–water partition coefficient (Wildman–Crippen LogP) is 3.74. The molecule has 0 bridgehead atoms. The lowest BCUT2D eigenvalue weighted by atomic mass is 10.2. The quantitative estimate of drug-likeness (QED) is 0.906. The molecule has 0 aliphatic rings. The zero-order chi connectivity index (χ0) is 13.8. The molecule has 2 N–H and O–H groups in total. The molecular formula is C13H14ClN3OS. The number of urea groups is 1. The van der Waals surface area contributed by atoms with E-state index in [2.05, 4.69) is 15.6 Å². The fourth-order valence-corrected chi connectivity index (χ4v) is 2.51. The average Bonchev–Trinajstić information content (AvgIpc) is 2.76. The van der Waals surface area contributed by atoms with E-state index in [0.717, 1.165) is 22.0 Å². The SMILES string of the molecule is Cc1csc(CNC(=O)Nc2ccc(Cl)cc2C)n1. The Bertz CT molecular complexity index is 597. The second-order valence-corrected chi connectivity index (χ2v) is 5.53. The number of hydrogen-bond donors (Lipinski definition) is 2. The molecule has 2 aromatic rings. The van der Waals surface area contributed by atoms with Gasteiger partial charge in [0.2, 0.25) is 0 Å². The van der Waals surface area contributed by atoms with Crippen LogP contribution in [0.5, 0.6) is 0 Å². The molecule has 1 aromatic carbocycles. The normalized spacial score (nSPS) is 10.3. The monoisotopic (exact) mass is 295 g/mol. The van der Waals surface area contributed by atoms with E-state index in [9.17, 15) is 4.79 Å². The number of benzene rings is 1. The first-order chi connectivity index (χ1) is 9.04. The highest BCUT2D eigenvalue weighted by Crippen LogP contribution is 2.19. The lowest BCUT2D eigenvalue weighted by molar-refractivity contribution is 0.251. The van der Waals surface area contributed by atoms with Crippen LogP contribution in [0.2, 0.25) is 5.02 Å². The van der Waals surface area contributed by atoms with E-state index in [1.807, 2.05) is 19.2 Å². The van der Waals surface area contributed by atoms with Gasteiger partial charge in [-0.05, 0) is 37.6 Å². The third kappa shape index (κ3) is 3.94. The Morgan fingerprint density at radius 2 is 2.21 bits per heavy atom. The standard InChI is InChI=1S/C13H14ClN3OS/c1-8-5-10(14)3-4-11(8)17-13(18)15-6-12-16-9(2)7-19-12/h3-5,7H,6H2,1-2H3,(H2,15,17,18). The Labute approximate surface area is 120 Å². The maximum atomic E-state index is 11.8. The van der Waals surface area contributed by atoms with Gasteiger partial charge in [-0.2, -0.15) is 0 Å². The minimum Gasteiger partial charge on any atom is -0.331 e. The fraction of sp³-hybridized carbons (Fsp3) is 0.231. The second kappa shape index (κ2) is 6.04. The third-order valence-corrected chi connectivity index (χ3v) is 3.71. The average molecular weight is 296 g/mol. The maximum absolute atomic E-state index is 11.8. The first-order valence-electron chi connectivity index (χ1n) is 5.76. The Balaban J connectivity index is 1.90. The zero-order valence-electron chi connectivity index (χ0n) is 10.7. The number of rotatable bonds is 3. The highest BCUT2D eigenvalue weighted by Gasteiger charge is 2.06. The van der Waals surface area contributed by atoms with Crippen molar-refractivity contribution in [1.29, 1.82) is 0 Å². The summed E-state index contributed by atoms with van der Waals surface area (Å²) in [6.07, 6.45) is 0. The van der Waals surface area contributed by atoms with Crippen molar-refractivity contribution in [1.82, 2.24) is 10.3 Å². The minimum atomic E-state index is -0.252. The van der Waals surface area contributed by atoms with E-state index in [1.54, 1.807) is 18.2 Å². The molecule has 6 heteroatoms. The molecule has 100 valence electrons. The Hall–Kier alpha value is -1.59. The Kier molecular flexibility index (Phi) is 4.39. The molecule has 2 rings (SSSR count). The second-order valence-electron chi connectivity index (χ2n) is 4.15. The Morgan fingerprint density at radius 1 is 1.42 bits per heavy atom. The van der Waals surface area contributed by atoms with Crippen LogP contribution in [-0.2, 0) is 6.54 Å². The third-order valence-electron chi connectivity index (χ3n) is 2.50. The number of carbonyl (C=O) groups excluding carboxylic acids is 1. The number of aryl methyl sites for hydroxylation is 2. The van der Waals surface area contributed by atoms with Crippen LogP contribution in [0.25, 0.3) is 0 Å². The van der Waals surface area contributed by atoms with Crippen molar-refractivity contribution in [3.8, 4) is 0 Å². The molecule has 4 nitrogen and oxygen atoms in total. The number of nitrogens with one attached hydrogen (secondary N) is 2. The molecule has 0 saturated carbocycles. The summed E-state index contributed by atoms with van der Waals surface area (Å²) in [6.45, 7) is 4.25. The van der Waals surface area contributed by atoms with E-state index in [-0.39, 0.29) is 6.03 Å². The van der Waals surface area contributed by atoms with Gasteiger partial charge in [0.15, 0.2) is 0 Å². The van der Waals surface area contributed by atoms with Gasteiger partial charge in [0.1, 0.15) is 5.01 Å². The summed E-state index contributed by atoms with van der Waals surface area (Å²) < 4.78 is 0. The van der Waals surface area contributed by atoms with Crippen molar-refractivity contribution in [2.75, 3.05) is 5.32 Å².